The molecule has 1 aromatic carbocycles. The van der Waals surface area contributed by atoms with Gasteiger partial charge in [0.25, 0.3) is 5.91 Å². The Balaban J connectivity index is 1.66. The summed E-state index contributed by atoms with van der Waals surface area (Å²) >= 11 is 1.77. The van der Waals surface area contributed by atoms with Crippen LogP contribution in [0.3, 0.4) is 0 Å². The van der Waals surface area contributed by atoms with Gasteiger partial charge in [-0.3, -0.25) is 9.69 Å². The van der Waals surface area contributed by atoms with Crippen LogP contribution >= 0.6 is 11.3 Å². The van der Waals surface area contributed by atoms with Crippen LogP contribution in [-0.4, -0.2) is 30.4 Å². The number of amides is 1. The molecule has 1 saturated heterocycles. The van der Waals surface area contributed by atoms with Crippen LogP contribution in [0.4, 0.5) is 0 Å². The molecule has 0 aliphatic carbocycles. The number of hydrogen-bond donors (Lipinski definition) is 1. The maximum atomic E-state index is 12.2. The van der Waals surface area contributed by atoms with Crippen molar-refractivity contribution >= 4 is 17.2 Å². The van der Waals surface area contributed by atoms with E-state index < -0.39 is 0 Å². The lowest BCUT2D eigenvalue weighted by Gasteiger charge is -2.26. The van der Waals surface area contributed by atoms with E-state index in [9.17, 15) is 4.79 Å². The zero-order valence-corrected chi connectivity index (χ0v) is 12.8. The van der Waals surface area contributed by atoms with Gasteiger partial charge in [0.05, 0.1) is 6.04 Å². The molecule has 0 spiro atoms. The number of nitrogens with zero attached hydrogens (tertiary/aromatic N) is 1. The Bertz CT molecular complexity index is 562. The summed E-state index contributed by atoms with van der Waals surface area (Å²) in [6.07, 6.45) is 2.52. The van der Waals surface area contributed by atoms with Crippen LogP contribution in [0.1, 0.15) is 34.1 Å². The first-order chi connectivity index (χ1) is 10.3. The summed E-state index contributed by atoms with van der Waals surface area (Å²) in [4.78, 5) is 16.0. The summed E-state index contributed by atoms with van der Waals surface area (Å²) in [7, 11) is 0. The molecule has 3 nitrogen and oxygen atoms in total. The Morgan fingerprint density at radius 3 is 2.57 bits per heavy atom. The minimum atomic E-state index is 0.0105. The molecule has 110 valence electrons. The first kappa shape index (κ1) is 14.3. The van der Waals surface area contributed by atoms with Crippen molar-refractivity contribution in [2.75, 3.05) is 19.6 Å². The third-order valence-corrected chi connectivity index (χ3v) is 4.92. The van der Waals surface area contributed by atoms with Gasteiger partial charge in [-0.15, -0.1) is 11.3 Å². The van der Waals surface area contributed by atoms with Crippen molar-refractivity contribution in [2.24, 2.45) is 0 Å². The standard InChI is InChI=1S/C17H20N2OS/c20-17(14-7-2-1-3-8-14)18-13-15(16-9-6-12-21-16)19-10-4-5-11-19/h1-3,6-9,12,15H,4-5,10-11,13H2,(H,18,20)/t15-/m0/s1. The fourth-order valence-electron chi connectivity index (χ4n) is 2.82. The van der Waals surface area contributed by atoms with Crippen molar-refractivity contribution in [2.45, 2.75) is 18.9 Å². The summed E-state index contributed by atoms with van der Waals surface area (Å²) in [6, 6.07) is 14.0. The number of carbonyl (C=O) groups excluding carboxylic acids is 1. The highest BCUT2D eigenvalue weighted by Crippen LogP contribution is 2.27. The van der Waals surface area contributed by atoms with E-state index in [0.29, 0.717) is 12.6 Å². The predicted octanol–water partition coefficient (Wildman–Crippen LogP) is 3.32. The molecule has 1 aliphatic rings. The SMILES string of the molecule is O=C(NC[C@@H](c1cccs1)N1CCCC1)c1ccccc1. The molecular weight excluding hydrogens is 280 g/mol. The molecule has 21 heavy (non-hydrogen) atoms. The first-order valence-electron chi connectivity index (χ1n) is 7.45. The van der Waals surface area contributed by atoms with E-state index in [1.165, 1.54) is 17.7 Å². The molecular formula is C17H20N2OS. The van der Waals surface area contributed by atoms with E-state index in [1.54, 1.807) is 11.3 Å². The summed E-state index contributed by atoms with van der Waals surface area (Å²) < 4.78 is 0. The molecule has 0 saturated carbocycles. The summed E-state index contributed by atoms with van der Waals surface area (Å²) in [6.45, 7) is 2.93. The van der Waals surface area contributed by atoms with E-state index in [1.807, 2.05) is 30.3 Å². The first-order valence-corrected chi connectivity index (χ1v) is 8.33. The van der Waals surface area contributed by atoms with Gasteiger partial charge in [0.15, 0.2) is 0 Å². The van der Waals surface area contributed by atoms with E-state index in [4.69, 9.17) is 0 Å². The van der Waals surface area contributed by atoms with Crippen LogP contribution in [0, 0.1) is 0 Å². The van der Waals surface area contributed by atoms with Crippen molar-refractivity contribution in [3.05, 3.63) is 58.3 Å². The monoisotopic (exact) mass is 300 g/mol. The molecule has 1 aliphatic heterocycles. The van der Waals surface area contributed by atoms with Gasteiger partial charge in [0.1, 0.15) is 0 Å². The highest BCUT2D eigenvalue weighted by Gasteiger charge is 2.24. The second kappa shape index (κ2) is 6.87. The minimum Gasteiger partial charge on any atom is -0.350 e. The quantitative estimate of drug-likeness (QED) is 0.919. The number of nitrogens with one attached hydrogen (secondary N) is 1. The third-order valence-electron chi connectivity index (χ3n) is 3.94. The van der Waals surface area contributed by atoms with Crippen molar-refractivity contribution in [3.63, 3.8) is 0 Å². The maximum absolute atomic E-state index is 12.2. The molecule has 2 aromatic rings. The Morgan fingerprint density at radius 2 is 1.90 bits per heavy atom. The average molecular weight is 300 g/mol. The lowest BCUT2D eigenvalue weighted by molar-refractivity contribution is 0.0938. The Labute approximate surface area is 129 Å². The molecule has 1 atom stereocenters. The van der Waals surface area contributed by atoms with Gasteiger partial charge in [0, 0.05) is 17.0 Å². The zero-order chi connectivity index (χ0) is 14.5. The van der Waals surface area contributed by atoms with Crippen molar-refractivity contribution in [1.82, 2.24) is 10.2 Å². The normalized spacial score (nSPS) is 16.8. The number of thiophene rings is 1. The number of carbonyl (C=O) groups is 1. The number of likely N-dealkylation sites (tertiary alicyclic amines) is 1. The van der Waals surface area contributed by atoms with Crippen LogP contribution < -0.4 is 5.32 Å². The fourth-order valence-corrected chi connectivity index (χ4v) is 3.69. The van der Waals surface area contributed by atoms with Gasteiger partial charge >= 0.3 is 0 Å². The lowest BCUT2D eigenvalue weighted by Crippen LogP contribution is -2.36. The summed E-state index contributed by atoms with van der Waals surface area (Å²) in [5.74, 6) is 0.0105. The Kier molecular flexibility index (Phi) is 4.68. The van der Waals surface area contributed by atoms with Crippen molar-refractivity contribution in [1.29, 1.82) is 0 Å². The number of rotatable bonds is 5. The second-order valence-corrected chi connectivity index (χ2v) is 6.33. The molecule has 1 fully saturated rings. The fraction of sp³-hybridized carbons (Fsp3) is 0.353. The Morgan fingerprint density at radius 1 is 1.14 bits per heavy atom. The van der Waals surface area contributed by atoms with Gasteiger partial charge in [-0.1, -0.05) is 24.3 Å². The highest BCUT2D eigenvalue weighted by atomic mass is 32.1. The smallest absolute Gasteiger partial charge is 0.251 e. The zero-order valence-electron chi connectivity index (χ0n) is 12.0. The lowest BCUT2D eigenvalue weighted by atomic mass is 10.2. The molecule has 0 bridgehead atoms. The van der Waals surface area contributed by atoms with Crippen LogP contribution in [0.5, 0.6) is 0 Å². The van der Waals surface area contributed by atoms with E-state index in [-0.39, 0.29) is 5.91 Å². The molecule has 1 amide bonds. The molecule has 1 aromatic heterocycles. The second-order valence-electron chi connectivity index (χ2n) is 5.35. The topological polar surface area (TPSA) is 32.3 Å². The molecule has 3 rings (SSSR count). The third kappa shape index (κ3) is 3.52. The summed E-state index contributed by atoms with van der Waals surface area (Å²) in [5, 5.41) is 5.20. The van der Waals surface area contributed by atoms with Crippen molar-refractivity contribution < 1.29 is 4.79 Å². The van der Waals surface area contributed by atoms with Gasteiger partial charge in [-0.2, -0.15) is 0 Å². The van der Waals surface area contributed by atoms with Crippen LogP contribution in [0.25, 0.3) is 0 Å². The predicted molar refractivity (Wildman–Crippen MR) is 86.6 cm³/mol. The highest BCUT2D eigenvalue weighted by molar-refractivity contribution is 7.10. The van der Waals surface area contributed by atoms with Gasteiger partial charge in [0.2, 0.25) is 0 Å². The molecule has 4 heteroatoms. The van der Waals surface area contributed by atoms with E-state index in [0.717, 1.165) is 18.7 Å². The Hall–Kier alpha value is -1.65. The van der Waals surface area contributed by atoms with Gasteiger partial charge in [-0.05, 0) is 49.5 Å². The van der Waals surface area contributed by atoms with Gasteiger partial charge in [-0.25, -0.2) is 0 Å². The molecule has 1 N–H and O–H groups in total. The largest absolute Gasteiger partial charge is 0.350 e. The van der Waals surface area contributed by atoms with Crippen molar-refractivity contribution in [3.8, 4) is 0 Å². The maximum Gasteiger partial charge on any atom is 0.251 e. The molecule has 2 heterocycles. The molecule has 0 radical (unpaired) electrons. The molecule has 0 unspecified atom stereocenters. The van der Waals surface area contributed by atoms with Crippen LogP contribution in [0.2, 0.25) is 0 Å². The minimum absolute atomic E-state index is 0.0105. The van der Waals surface area contributed by atoms with E-state index >= 15 is 0 Å². The number of benzene rings is 1. The number of hydrogen-bond acceptors (Lipinski definition) is 3. The van der Waals surface area contributed by atoms with E-state index in [2.05, 4.69) is 27.7 Å². The van der Waals surface area contributed by atoms with Crippen LogP contribution in [0.15, 0.2) is 47.8 Å². The van der Waals surface area contributed by atoms with Gasteiger partial charge < -0.3 is 5.32 Å². The average Bonchev–Trinajstić information content (AvgIpc) is 3.22. The van der Waals surface area contributed by atoms with Crippen LogP contribution in [-0.2, 0) is 0 Å². The summed E-state index contributed by atoms with van der Waals surface area (Å²) in [5.41, 5.74) is 0.726.